The summed E-state index contributed by atoms with van der Waals surface area (Å²) in [5, 5.41) is 0. The van der Waals surface area contributed by atoms with Crippen LogP contribution in [-0.2, 0) is 4.74 Å². The number of H-pyrrole nitrogens is 1. The second kappa shape index (κ2) is 6.62. The lowest BCUT2D eigenvalue weighted by molar-refractivity contribution is 0.0596. The van der Waals surface area contributed by atoms with Gasteiger partial charge in [0.2, 0.25) is 0 Å². The van der Waals surface area contributed by atoms with E-state index in [2.05, 4.69) is 4.98 Å². The monoisotopic (exact) mass is 321 g/mol. The van der Waals surface area contributed by atoms with Crippen LogP contribution in [0.25, 0.3) is 22.4 Å². The molecule has 0 aliphatic rings. The number of ether oxygens (including phenoxy) is 2. The molecule has 0 saturated carbocycles. The van der Waals surface area contributed by atoms with Gasteiger partial charge in [0.25, 0.3) is 0 Å². The van der Waals surface area contributed by atoms with Crippen LogP contribution in [0, 0.1) is 6.92 Å². The average Bonchev–Trinajstić information content (AvgIpc) is 2.99. The average molecular weight is 321 g/mol. The summed E-state index contributed by atoms with van der Waals surface area (Å²) < 4.78 is 10.2. The molecule has 0 bridgehead atoms. The molecule has 1 N–H and O–H groups in total. The fourth-order valence-corrected chi connectivity index (χ4v) is 2.86. The van der Waals surface area contributed by atoms with Gasteiger partial charge in [0, 0.05) is 11.3 Å². The van der Waals surface area contributed by atoms with Gasteiger partial charge in [-0.25, -0.2) is 4.79 Å². The van der Waals surface area contributed by atoms with Crippen molar-refractivity contribution in [2.75, 3.05) is 14.2 Å². The normalized spacial score (nSPS) is 10.5. The van der Waals surface area contributed by atoms with Gasteiger partial charge in [0.1, 0.15) is 11.4 Å². The summed E-state index contributed by atoms with van der Waals surface area (Å²) in [6.45, 7) is 2.00. The topological polar surface area (TPSA) is 51.3 Å². The number of benzene rings is 2. The highest BCUT2D eigenvalue weighted by molar-refractivity contribution is 5.99. The minimum absolute atomic E-state index is 0.378. The van der Waals surface area contributed by atoms with Crippen molar-refractivity contribution in [3.8, 4) is 28.1 Å². The SMILES string of the molecule is COC(=O)c1[nH]c(-c2ccc(OC)cc2)c(C)c1-c1ccccc1. The first kappa shape index (κ1) is 15.9. The molecule has 3 rings (SSSR count). The van der Waals surface area contributed by atoms with Crippen molar-refractivity contribution in [3.05, 3.63) is 65.9 Å². The van der Waals surface area contributed by atoms with Crippen LogP contribution in [0.1, 0.15) is 16.1 Å². The molecular weight excluding hydrogens is 302 g/mol. The highest BCUT2D eigenvalue weighted by Crippen LogP contribution is 2.35. The van der Waals surface area contributed by atoms with Crippen LogP contribution in [0.5, 0.6) is 5.75 Å². The zero-order valence-corrected chi connectivity index (χ0v) is 13.9. The Morgan fingerprint density at radius 3 is 2.17 bits per heavy atom. The number of rotatable bonds is 4. The molecule has 24 heavy (non-hydrogen) atoms. The smallest absolute Gasteiger partial charge is 0.355 e. The van der Waals surface area contributed by atoms with Crippen molar-refractivity contribution in [2.24, 2.45) is 0 Å². The third-order valence-corrected chi connectivity index (χ3v) is 4.08. The molecule has 0 unspecified atom stereocenters. The fraction of sp³-hybridized carbons (Fsp3) is 0.150. The van der Waals surface area contributed by atoms with E-state index in [4.69, 9.17) is 9.47 Å². The standard InChI is InChI=1S/C20H19NO3/c1-13-17(14-7-5-4-6-8-14)19(20(22)24-3)21-18(13)15-9-11-16(23-2)12-10-15/h4-12,21H,1-3H3. The van der Waals surface area contributed by atoms with Gasteiger partial charge < -0.3 is 14.5 Å². The summed E-state index contributed by atoms with van der Waals surface area (Å²) in [4.78, 5) is 15.5. The van der Waals surface area contributed by atoms with E-state index in [0.717, 1.165) is 33.7 Å². The molecule has 0 atom stereocenters. The maximum absolute atomic E-state index is 12.2. The maximum Gasteiger partial charge on any atom is 0.355 e. The number of aromatic amines is 1. The molecule has 0 aliphatic carbocycles. The van der Waals surface area contributed by atoms with Crippen molar-refractivity contribution in [3.63, 3.8) is 0 Å². The van der Waals surface area contributed by atoms with Crippen LogP contribution in [0.4, 0.5) is 0 Å². The summed E-state index contributed by atoms with van der Waals surface area (Å²) in [5.74, 6) is 0.413. The van der Waals surface area contributed by atoms with Crippen molar-refractivity contribution in [1.82, 2.24) is 4.98 Å². The van der Waals surface area contributed by atoms with E-state index in [0.29, 0.717) is 5.69 Å². The molecule has 122 valence electrons. The number of carbonyl (C=O) groups is 1. The summed E-state index contributed by atoms with van der Waals surface area (Å²) in [6.07, 6.45) is 0. The van der Waals surface area contributed by atoms with Gasteiger partial charge in [-0.05, 0) is 47.9 Å². The fourth-order valence-electron chi connectivity index (χ4n) is 2.86. The van der Waals surface area contributed by atoms with Crippen LogP contribution >= 0.6 is 0 Å². The van der Waals surface area contributed by atoms with Gasteiger partial charge in [-0.1, -0.05) is 30.3 Å². The summed E-state index contributed by atoms with van der Waals surface area (Å²) in [5.41, 5.74) is 5.20. The largest absolute Gasteiger partial charge is 0.497 e. The molecule has 4 nitrogen and oxygen atoms in total. The van der Waals surface area contributed by atoms with Gasteiger partial charge in [-0.15, -0.1) is 0 Å². The molecule has 1 aromatic heterocycles. The Bertz CT molecular complexity index is 849. The predicted molar refractivity (Wildman–Crippen MR) is 94.3 cm³/mol. The second-order valence-electron chi connectivity index (χ2n) is 5.46. The molecule has 4 heteroatoms. The van der Waals surface area contributed by atoms with Crippen LogP contribution in [0.3, 0.4) is 0 Å². The number of methoxy groups -OCH3 is 2. The molecule has 0 fully saturated rings. The Kier molecular flexibility index (Phi) is 4.38. The molecular formula is C20H19NO3. The van der Waals surface area contributed by atoms with Crippen molar-refractivity contribution < 1.29 is 14.3 Å². The molecule has 1 heterocycles. The predicted octanol–water partition coefficient (Wildman–Crippen LogP) is 4.45. The van der Waals surface area contributed by atoms with Crippen LogP contribution in [0.2, 0.25) is 0 Å². The van der Waals surface area contributed by atoms with Gasteiger partial charge >= 0.3 is 5.97 Å². The number of aromatic nitrogens is 1. The first-order valence-electron chi connectivity index (χ1n) is 7.66. The minimum Gasteiger partial charge on any atom is -0.497 e. The molecule has 0 amide bonds. The van der Waals surface area contributed by atoms with E-state index in [-0.39, 0.29) is 5.97 Å². The van der Waals surface area contributed by atoms with Crippen molar-refractivity contribution in [1.29, 1.82) is 0 Å². The number of carbonyl (C=O) groups excluding carboxylic acids is 1. The van der Waals surface area contributed by atoms with E-state index in [1.807, 2.05) is 61.5 Å². The van der Waals surface area contributed by atoms with Gasteiger partial charge in [-0.2, -0.15) is 0 Å². The first-order valence-corrected chi connectivity index (χ1v) is 7.66. The Morgan fingerprint density at radius 2 is 1.58 bits per heavy atom. The number of hydrogen-bond acceptors (Lipinski definition) is 3. The Hall–Kier alpha value is -3.01. The van der Waals surface area contributed by atoms with Crippen LogP contribution < -0.4 is 4.74 Å². The van der Waals surface area contributed by atoms with Crippen LogP contribution in [-0.4, -0.2) is 25.2 Å². The summed E-state index contributed by atoms with van der Waals surface area (Å²) >= 11 is 0. The van der Waals surface area contributed by atoms with E-state index in [1.54, 1.807) is 7.11 Å². The molecule has 0 aliphatic heterocycles. The number of nitrogens with one attached hydrogen (secondary N) is 1. The zero-order valence-electron chi connectivity index (χ0n) is 13.9. The lowest BCUT2D eigenvalue weighted by atomic mass is 9.99. The Morgan fingerprint density at radius 1 is 0.917 bits per heavy atom. The third kappa shape index (κ3) is 2.78. The van der Waals surface area contributed by atoms with Gasteiger partial charge in [0.15, 0.2) is 0 Å². The minimum atomic E-state index is -0.378. The molecule has 0 spiro atoms. The molecule has 0 radical (unpaired) electrons. The summed E-state index contributed by atoms with van der Waals surface area (Å²) in [7, 11) is 3.03. The Labute approximate surface area is 141 Å². The van der Waals surface area contributed by atoms with E-state index < -0.39 is 0 Å². The lowest BCUT2D eigenvalue weighted by Gasteiger charge is -2.05. The van der Waals surface area contributed by atoms with Gasteiger partial charge in [0.05, 0.1) is 14.2 Å². The van der Waals surface area contributed by atoms with Crippen molar-refractivity contribution >= 4 is 5.97 Å². The zero-order chi connectivity index (χ0) is 17.1. The Balaban J connectivity index is 2.18. The van der Waals surface area contributed by atoms with Gasteiger partial charge in [-0.3, -0.25) is 0 Å². The highest BCUT2D eigenvalue weighted by atomic mass is 16.5. The van der Waals surface area contributed by atoms with E-state index in [9.17, 15) is 4.79 Å². The summed E-state index contributed by atoms with van der Waals surface area (Å²) in [6, 6.07) is 17.6. The maximum atomic E-state index is 12.2. The number of hydrogen-bond donors (Lipinski definition) is 1. The van der Waals surface area contributed by atoms with E-state index >= 15 is 0 Å². The van der Waals surface area contributed by atoms with Crippen LogP contribution in [0.15, 0.2) is 54.6 Å². The third-order valence-electron chi connectivity index (χ3n) is 4.08. The molecule has 0 saturated heterocycles. The first-order chi connectivity index (χ1) is 11.7. The molecule has 2 aromatic carbocycles. The number of esters is 1. The quantitative estimate of drug-likeness (QED) is 0.722. The molecule has 3 aromatic rings. The van der Waals surface area contributed by atoms with Crippen molar-refractivity contribution in [2.45, 2.75) is 6.92 Å². The second-order valence-corrected chi connectivity index (χ2v) is 5.46. The van der Waals surface area contributed by atoms with E-state index in [1.165, 1.54) is 7.11 Å². The lowest BCUT2D eigenvalue weighted by Crippen LogP contribution is -2.03. The highest BCUT2D eigenvalue weighted by Gasteiger charge is 2.22.